The molecule has 0 aromatic heterocycles. The van der Waals surface area contributed by atoms with Gasteiger partial charge in [-0.3, -0.25) is 24.6 Å². The van der Waals surface area contributed by atoms with Gasteiger partial charge in [0, 0.05) is 43.9 Å². The normalized spacial score (nSPS) is 19.5. The molecule has 1 N–H and O–H groups in total. The number of nitrogens with zero attached hydrogens (tertiary/aromatic N) is 3. The smallest absolute Gasteiger partial charge is 0.269 e. The lowest BCUT2D eigenvalue weighted by Crippen LogP contribution is -2.47. The number of hydrogen-bond acceptors (Lipinski definition) is 5. The van der Waals surface area contributed by atoms with Crippen molar-refractivity contribution in [2.45, 2.75) is 45.4 Å². The Bertz CT molecular complexity index is 767. The highest BCUT2D eigenvalue weighted by atomic mass is 16.6. The van der Waals surface area contributed by atoms with Gasteiger partial charge in [-0.05, 0) is 56.2 Å². The molecule has 1 aromatic carbocycles. The van der Waals surface area contributed by atoms with Crippen LogP contribution in [0.3, 0.4) is 0 Å². The Kier molecular flexibility index (Phi) is 7.19. The SMILES string of the molecule is CCCC(=O)NCC1CCCN(CC(=O)N2CCCc3cc([N+](=O)[O-])ccc32)C1. The van der Waals surface area contributed by atoms with Crippen LogP contribution < -0.4 is 10.2 Å². The Morgan fingerprint density at radius 1 is 1.28 bits per heavy atom. The minimum atomic E-state index is -0.395. The molecule has 158 valence electrons. The molecule has 2 amide bonds. The number of anilines is 1. The van der Waals surface area contributed by atoms with Crippen LogP contribution in [0, 0.1) is 16.0 Å². The highest BCUT2D eigenvalue weighted by molar-refractivity contribution is 5.96. The molecule has 29 heavy (non-hydrogen) atoms. The van der Waals surface area contributed by atoms with Crippen molar-refractivity contribution in [3.63, 3.8) is 0 Å². The van der Waals surface area contributed by atoms with E-state index in [1.165, 1.54) is 6.07 Å². The molecule has 3 rings (SSSR count). The topological polar surface area (TPSA) is 95.8 Å². The van der Waals surface area contributed by atoms with Crippen molar-refractivity contribution >= 4 is 23.2 Å². The fourth-order valence-corrected chi connectivity index (χ4v) is 4.27. The van der Waals surface area contributed by atoms with Gasteiger partial charge in [0.15, 0.2) is 0 Å². The van der Waals surface area contributed by atoms with Crippen molar-refractivity contribution < 1.29 is 14.5 Å². The average Bonchev–Trinajstić information content (AvgIpc) is 2.71. The molecular weight excluding hydrogens is 372 g/mol. The zero-order valence-corrected chi connectivity index (χ0v) is 17.1. The summed E-state index contributed by atoms with van der Waals surface area (Å²) >= 11 is 0. The van der Waals surface area contributed by atoms with E-state index in [0.717, 1.165) is 56.4 Å². The second-order valence-corrected chi connectivity index (χ2v) is 8.02. The zero-order chi connectivity index (χ0) is 20.8. The van der Waals surface area contributed by atoms with Crippen LogP contribution in [-0.4, -0.2) is 54.4 Å². The molecule has 1 aromatic rings. The largest absolute Gasteiger partial charge is 0.356 e. The number of nitro benzene ring substituents is 1. The number of likely N-dealkylation sites (tertiary alicyclic amines) is 1. The van der Waals surface area contributed by atoms with E-state index in [1.54, 1.807) is 17.0 Å². The minimum Gasteiger partial charge on any atom is -0.356 e. The number of nitrogens with one attached hydrogen (secondary N) is 1. The van der Waals surface area contributed by atoms with E-state index in [4.69, 9.17) is 0 Å². The van der Waals surface area contributed by atoms with Crippen LogP contribution in [0.15, 0.2) is 18.2 Å². The summed E-state index contributed by atoms with van der Waals surface area (Å²) in [6, 6.07) is 4.76. The summed E-state index contributed by atoms with van der Waals surface area (Å²) in [7, 11) is 0. The number of nitro groups is 1. The van der Waals surface area contributed by atoms with E-state index in [-0.39, 0.29) is 17.5 Å². The van der Waals surface area contributed by atoms with Crippen molar-refractivity contribution in [3.8, 4) is 0 Å². The third-order valence-corrected chi connectivity index (χ3v) is 5.72. The monoisotopic (exact) mass is 402 g/mol. The van der Waals surface area contributed by atoms with Gasteiger partial charge in [-0.15, -0.1) is 0 Å². The fourth-order valence-electron chi connectivity index (χ4n) is 4.27. The van der Waals surface area contributed by atoms with Crippen LogP contribution in [0.25, 0.3) is 0 Å². The van der Waals surface area contributed by atoms with Gasteiger partial charge in [-0.1, -0.05) is 6.92 Å². The predicted octanol–water partition coefficient (Wildman–Crippen LogP) is 2.50. The molecule has 8 nitrogen and oxygen atoms in total. The number of benzene rings is 1. The van der Waals surface area contributed by atoms with E-state index in [0.29, 0.717) is 32.0 Å². The van der Waals surface area contributed by atoms with Crippen molar-refractivity contribution in [1.29, 1.82) is 0 Å². The van der Waals surface area contributed by atoms with Crippen molar-refractivity contribution in [1.82, 2.24) is 10.2 Å². The fraction of sp³-hybridized carbons (Fsp3) is 0.619. The summed E-state index contributed by atoms with van der Waals surface area (Å²) in [5.74, 6) is 0.504. The lowest BCUT2D eigenvalue weighted by Gasteiger charge is -2.35. The minimum absolute atomic E-state index is 0.0375. The second kappa shape index (κ2) is 9.82. The number of piperidine rings is 1. The molecule has 0 saturated carbocycles. The van der Waals surface area contributed by atoms with E-state index < -0.39 is 4.92 Å². The van der Waals surface area contributed by atoms with Gasteiger partial charge in [-0.2, -0.15) is 0 Å². The maximum absolute atomic E-state index is 13.0. The lowest BCUT2D eigenvalue weighted by atomic mass is 9.97. The van der Waals surface area contributed by atoms with Crippen LogP contribution in [0.5, 0.6) is 0 Å². The van der Waals surface area contributed by atoms with Crippen LogP contribution in [0.4, 0.5) is 11.4 Å². The summed E-state index contributed by atoms with van der Waals surface area (Å²) in [5.41, 5.74) is 1.74. The van der Waals surface area contributed by atoms with Crippen LogP contribution >= 0.6 is 0 Å². The first-order valence-electron chi connectivity index (χ1n) is 10.5. The second-order valence-electron chi connectivity index (χ2n) is 8.02. The first-order chi connectivity index (χ1) is 14.0. The summed E-state index contributed by atoms with van der Waals surface area (Å²) in [6.07, 6.45) is 5.05. The molecular formula is C21H30N4O4. The van der Waals surface area contributed by atoms with Crippen molar-refractivity contribution in [2.75, 3.05) is 37.6 Å². The number of fused-ring (bicyclic) bond motifs is 1. The van der Waals surface area contributed by atoms with E-state index >= 15 is 0 Å². The maximum Gasteiger partial charge on any atom is 0.269 e. The molecule has 8 heteroatoms. The average molecular weight is 402 g/mol. The van der Waals surface area contributed by atoms with Gasteiger partial charge in [0.2, 0.25) is 11.8 Å². The quantitative estimate of drug-likeness (QED) is 0.558. The number of aryl methyl sites for hydroxylation is 1. The zero-order valence-electron chi connectivity index (χ0n) is 17.1. The number of carbonyl (C=O) groups is 2. The number of non-ortho nitro benzene ring substituents is 1. The molecule has 0 spiro atoms. The summed E-state index contributed by atoms with van der Waals surface area (Å²) in [5, 5.41) is 14.0. The molecule has 2 aliphatic rings. The number of rotatable bonds is 7. The number of amides is 2. The van der Waals surface area contributed by atoms with Gasteiger partial charge in [0.1, 0.15) is 0 Å². The summed E-state index contributed by atoms with van der Waals surface area (Å²) in [4.78, 5) is 39.3. The first-order valence-corrected chi connectivity index (χ1v) is 10.5. The molecule has 1 saturated heterocycles. The summed E-state index contributed by atoms with van der Waals surface area (Å²) in [6.45, 7) is 5.33. The molecule has 1 fully saturated rings. The van der Waals surface area contributed by atoms with Gasteiger partial charge < -0.3 is 10.2 Å². The van der Waals surface area contributed by atoms with Crippen LogP contribution in [-0.2, 0) is 16.0 Å². The maximum atomic E-state index is 13.0. The molecule has 1 unspecified atom stereocenters. The van der Waals surface area contributed by atoms with E-state index in [2.05, 4.69) is 10.2 Å². The van der Waals surface area contributed by atoms with E-state index in [1.807, 2.05) is 6.92 Å². The molecule has 0 aliphatic carbocycles. The third-order valence-electron chi connectivity index (χ3n) is 5.72. The highest BCUT2D eigenvalue weighted by Crippen LogP contribution is 2.30. The van der Waals surface area contributed by atoms with Crippen LogP contribution in [0.1, 0.15) is 44.6 Å². The summed E-state index contributed by atoms with van der Waals surface area (Å²) < 4.78 is 0. The Morgan fingerprint density at radius 2 is 2.10 bits per heavy atom. The number of carbonyl (C=O) groups excluding carboxylic acids is 2. The van der Waals surface area contributed by atoms with Gasteiger partial charge in [-0.25, -0.2) is 0 Å². The van der Waals surface area contributed by atoms with Gasteiger partial charge in [0.05, 0.1) is 11.5 Å². The molecule has 2 aliphatic heterocycles. The Labute approximate surface area is 171 Å². The van der Waals surface area contributed by atoms with Crippen molar-refractivity contribution in [2.24, 2.45) is 5.92 Å². The molecule has 2 heterocycles. The lowest BCUT2D eigenvalue weighted by molar-refractivity contribution is -0.384. The standard InChI is InChI=1S/C21H30N4O4/c1-2-5-20(26)22-13-16-6-3-10-23(14-16)15-21(27)24-11-4-7-17-12-18(25(28)29)8-9-19(17)24/h8-9,12,16H,2-7,10-11,13-15H2,1H3,(H,22,26). The van der Waals surface area contributed by atoms with E-state index in [9.17, 15) is 19.7 Å². The third kappa shape index (κ3) is 5.53. The van der Waals surface area contributed by atoms with Gasteiger partial charge in [0.25, 0.3) is 5.69 Å². The molecule has 1 atom stereocenters. The van der Waals surface area contributed by atoms with Crippen molar-refractivity contribution in [3.05, 3.63) is 33.9 Å². The van der Waals surface area contributed by atoms with Gasteiger partial charge >= 0.3 is 0 Å². The van der Waals surface area contributed by atoms with Crippen LogP contribution in [0.2, 0.25) is 0 Å². The Hall–Kier alpha value is -2.48. The predicted molar refractivity (Wildman–Crippen MR) is 111 cm³/mol. The molecule has 0 radical (unpaired) electrons. The molecule has 0 bridgehead atoms. The number of hydrogen-bond donors (Lipinski definition) is 1. The first kappa shape index (κ1) is 21.2. The Morgan fingerprint density at radius 3 is 2.86 bits per heavy atom. The highest BCUT2D eigenvalue weighted by Gasteiger charge is 2.28. The Balaban J connectivity index is 1.58.